The van der Waals surface area contributed by atoms with Crippen LogP contribution in [0.5, 0.6) is 0 Å². The SMILES string of the molecule is CCNc1cc(CC)nc(C2Cc3ccccc3C2)n1. The molecule has 104 valence electrons. The van der Waals surface area contributed by atoms with E-state index in [0.717, 1.165) is 43.1 Å². The van der Waals surface area contributed by atoms with Crippen molar-refractivity contribution < 1.29 is 0 Å². The van der Waals surface area contributed by atoms with Crippen LogP contribution in [0, 0.1) is 0 Å². The maximum Gasteiger partial charge on any atom is 0.134 e. The zero-order valence-electron chi connectivity index (χ0n) is 12.2. The summed E-state index contributed by atoms with van der Waals surface area (Å²) in [5, 5.41) is 3.32. The highest BCUT2D eigenvalue weighted by Gasteiger charge is 2.25. The van der Waals surface area contributed by atoms with Crippen molar-refractivity contribution in [1.82, 2.24) is 9.97 Å². The third kappa shape index (κ3) is 2.53. The molecule has 1 aliphatic carbocycles. The van der Waals surface area contributed by atoms with Gasteiger partial charge in [0.1, 0.15) is 11.6 Å². The van der Waals surface area contributed by atoms with Gasteiger partial charge in [-0.1, -0.05) is 31.2 Å². The molecule has 1 aromatic carbocycles. The fourth-order valence-corrected chi connectivity index (χ4v) is 2.89. The van der Waals surface area contributed by atoms with Gasteiger partial charge in [0.2, 0.25) is 0 Å². The highest BCUT2D eigenvalue weighted by molar-refractivity contribution is 5.39. The summed E-state index contributed by atoms with van der Waals surface area (Å²) < 4.78 is 0. The predicted molar refractivity (Wildman–Crippen MR) is 82.2 cm³/mol. The van der Waals surface area contributed by atoms with Crippen LogP contribution in [0.15, 0.2) is 30.3 Å². The van der Waals surface area contributed by atoms with E-state index in [-0.39, 0.29) is 0 Å². The van der Waals surface area contributed by atoms with Gasteiger partial charge in [-0.05, 0) is 37.3 Å². The van der Waals surface area contributed by atoms with Crippen LogP contribution in [0.25, 0.3) is 0 Å². The topological polar surface area (TPSA) is 37.8 Å². The Bertz CT molecular complexity index is 582. The fourth-order valence-electron chi connectivity index (χ4n) is 2.89. The predicted octanol–water partition coefficient (Wildman–Crippen LogP) is 3.35. The molecule has 1 aromatic heterocycles. The molecule has 0 fully saturated rings. The minimum atomic E-state index is 0.427. The van der Waals surface area contributed by atoms with E-state index in [1.54, 1.807) is 0 Å². The van der Waals surface area contributed by atoms with Gasteiger partial charge in [0.25, 0.3) is 0 Å². The number of hydrogen-bond acceptors (Lipinski definition) is 3. The molecule has 20 heavy (non-hydrogen) atoms. The Hall–Kier alpha value is -1.90. The van der Waals surface area contributed by atoms with E-state index in [2.05, 4.69) is 49.5 Å². The molecule has 1 aliphatic rings. The van der Waals surface area contributed by atoms with Crippen LogP contribution in [-0.2, 0) is 19.3 Å². The summed E-state index contributed by atoms with van der Waals surface area (Å²) in [4.78, 5) is 9.46. The normalized spacial score (nSPS) is 14.3. The Balaban J connectivity index is 1.89. The van der Waals surface area contributed by atoms with Crippen LogP contribution in [0.2, 0.25) is 0 Å². The van der Waals surface area contributed by atoms with E-state index in [1.807, 2.05) is 0 Å². The number of aromatic nitrogens is 2. The highest BCUT2D eigenvalue weighted by atomic mass is 15.0. The van der Waals surface area contributed by atoms with Gasteiger partial charge < -0.3 is 5.32 Å². The summed E-state index contributed by atoms with van der Waals surface area (Å²) in [7, 11) is 0. The van der Waals surface area contributed by atoms with Crippen LogP contribution in [0.1, 0.15) is 42.4 Å². The van der Waals surface area contributed by atoms with E-state index < -0.39 is 0 Å². The maximum absolute atomic E-state index is 4.75. The van der Waals surface area contributed by atoms with Crippen LogP contribution < -0.4 is 5.32 Å². The van der Waals surface area contributed by atoms with E-state index in [4.69, 9.17) is 9.97 Å². The molecule has 0 amide bonds. The van der Waals surface area contributed by atoms with Gasteiger partial charge >= 0.3 is 0 Å². The van der Waals surface area contributed by atoms with E-state index >= 15 is 0 Å². The molecule has 0 saturated heterocycles. The minimum absolute atomic E-state index is 0.427. The molecule has 0 aliphatic heterocycles. The van der Waals surface area contributed by atoms with Gasteiger partial charge in [0.15, 0.2) is 0 Å². The Morgan fingerprint density at radius 2 is 1.80 bits per heavy atom. The highest BCUT2D eigenvalue weighted by Crippen LogP contribution is 2.32. The average Bonchev–Trinajstić information content (AvgIpc) is 2.91. The van der Waals surface area contributed by atoms with Gasteiger partial charge in [-0.3, -0.25) is 0 Å². The monoisotopic (exact) mass is 267 g/mol. The maximum atomic E-state index is 4.75. The lowest BCUT2D eigenvalue weighted by molar-refractivity contribution is 0.675. The summed E-state index contributed by atoms with van der Waals surface area (Å²) in [6.45, 7) is 5.13. The summed E-state index contributed by atoms with van der Waals surface area (Å²) in [6, 6.07) is 10.8. The quantitative estimate of drug-likeness (QED) is 0.923. The molecular formula is C17H21N3. The first-order valence-corrected chi connectivity index (χ1v) is 7.48. The first kappa shape index (κ1) is 13.1. The van der Waals surface area contributed by atoms with Gasteiger partial charge in [-0.25, -0.2) is 9.97 Å². The largest absolute Gasteiger partial charge is 0.370 e. The summed E-state index contributed by atoms with van der Waals surface area (Å²) in [5.41, 5.74) is 4.03. The summed E-state index contributed by atoms with van der Waals surface area (Å²) in [5.74, 6) is 2.39. The zero-order chi connectivity index (χ0) is 13.9. The number of benzene rings is 1. The third-order valence-electron chi connectivity index (χ3n) is 3.93. The zero-order valence-corrected chi connectivity index (χ0v) is 12.2. The lowest BCUT2D eigenvalue weighted by atomic mass is 10.1. The summed E-state index contributed by atoms with van der Waals surface area (Å²) in [6.07, 6.45) is 3.08. The Morgan fingerprint density at radius 3 is 2.40 bits per heavy atom. The number of hydrogen-bond donors (Lipinski definition) is 1. The van der Waals surface area contributed by atoms with E-state index in [1.165, 1.54) is 11.1 Å². The van der Waals surface area contributed by atoms with Crippen molar-refractivity contribution in [3.63, 3.8) is 0 Å². The van der Waals surface area contributed by atoms with Crippen molar-refractivity contribution in [2.24, 2.45) is 0 Å². The Kier molecular flexibility index (Phi) is 3.68. The van der Waals surface area contributed by atoms with Crippen molar-refractivity contribution in [3.8, 4) is 0 Å². The van der Waals surface area contributed by atoms with Crippen molar-refractivity contribution in [2.75, 3.05) is 11.9 Å². The molecule has 1 heterocycles. The minimum Gasteiger partial charge on any atom is -0.370 e. The smallest absolute Gasteiger partial charge is 0.134 e. The second-order valence-corrected chi connectivity index (χ2v) is 5.36. The molecule has 0 atom stereocenters. The van der Waals surface area contributed by atoms with Crippen molar-refractivity contribution >= 4 is 5.82 Å². The van der Waals surface area contributed by atoms with Crippen LogP contribution in [0.3, 0.4) is 0 Å². The van der Waals surface area contributed by atoms with Crippen molar-refractivity contribution in [1.29, 1.82) is 0 Å². The Morgan fingerprint density at radius 1 is 1.10 bits per heavy atom. The standard InChI is InChI=1S/C17H21N3/c1-3-15-11-16(18-4-2)20-17(19-15)14-9-12-7-5-6-8-13(12)10-14/h5-8,11,14H,3-4,9-10H2,1-2H3,(H,18,19,20). The van der Waals surface area contributed by atoms with E-state index in [9.17, 15) is 0 Å². The second-order valence-electron chi connectivity index (χ2n) is 5.36. The molecule has 3 heteroatoms. The molecule has 0 unspecified atom stereocenters. The number of nitrogens with zero attached hydrogens (tertiary/aromatic N) is 2. The first-order valence-electron chi connectivity index (χ1n) is 7.48. The van der Waals surface area contributed by atoms with Gasteiger partial charge in [0, 0.05) is 24.2 Å². The molecule has 0 spiro atoms. The average molecular weight is 267 g/mol. The van der Waals surface area contributed by atoms with Crippen LogP contribution in [-0.4, -0.2) is 16.5 Å². The molecule has 0 bridgehead atoms. The van der Waals surface area contributed by atoms with Gasteiger partial charge in [-0.15, -0.1) is 0 Å². The molecule has 2 aromatic rings. The van der Waals surface area contributed by atoms with E-state index in [0.29, 0.717) is 5.92 Å². The van der Waals surface area contributed by atoms with Crippen molar-refractivity contribution in [3.05, 3.63) is 53.0 Å². The molecule has 0 radical (unpaired) electrons. The molecule has 3 nitrogen and oxygen atoms in total. The molecule has 3 rings (SSSR count). The van der Waals surface area contributed by atoms with Gasteiger partial charge in [0.05, 0.1) is 0 Å². The number of anilines is 1. The molecule has 0 saturated carbocycles. The van der Waals surface area contributed by atoms with Crippen LogP contribution in [0.4, 0.5) is 5.82 Å². The van der Waals surface area contributed by atoms with Gasteiger partial charge in [-0.2, -0.15) is 0 Å². The number of nitrogens with one attached hydrogen (secondary N) is 1. The van der Waals surface area contributed by atoms with Crippen LogP contribution >= 0.6 is 0 Å². The fraction of sp³-hybridized carbons (Fsp3) is 0.412. The number of rotatable bonds is 4. The van der Waals surface area contributed by atoms with Crippen molar-refractivity contribution in [2.45, 2.75) is 39.0 Å². The lowest BCUT2D eigenvalue weighted by Crippen LogP contribution is -2.10. The number of fused-ring (bicyclic) bond motifs is 1. The summed E-state index contributed by atoms with van der Waals surface area (Å²) >= 11 is 0. The molecule has 1 N–H and O–H groups in total. The molecular weight excluding hydrogens is 246 g/mol. The Labute approximate surface area is 120 Å². The lowest BCUT2D eigenvalue weighted by Gasteiger charge is -2.12. The number of aryl methyl sites for hydroxylation is 1. The second kappa shape index (κ2) is 5.61. The first-order chi connectivity index (χ1) is 9.80. The third-order valence-corrected chi connectivity index (χ3v) is 3.93.